The molecule has 1 fully saturated rings. The summed E-state index contributed by atoms with van der Waals surface area (Å²) in [5.41, 5.74) is -1.45. The zero-order chi connectivity index (χ0) is 18.1. The Balaban J connectivity index is 2.03. The first-order valence-electron chi connectivity index (χ1n) is 8.88. The van der Waals surface area contributed by atoms with Crippen molar-refractivity contribution < 1.29 is 13.9 Å². The second-order valence-electron chi connectivity index (χ2n) is 8.07. The van der Waals surface area contributed by atoms with Gasteiger partial charge in [0.25, 0.3) is 8.32 Å². The van der Waals surface area contributed by atoms with Gasteiger partial charge in [0.2, 0.25) is 0 Å². The van der Waals surface area contributed by atoms with Crippen molar-refractivity contribution in [3.63, 3.8) is 0 Å². The summed E-state index contributed by atoms with van der Waals surface area (Å²) < 4.78 is 20.9. The summed E-state index contributed by atoms with van der Waals surface area (Å²) in [4.78, 5) is 0. The van der Waals surface area contributed by atoms with Crippen molar-refractivity contribution in [2.45, 2.75) is 37.9 Å². The predicted octanol–water partition coefficient (Wildman–Crippen LogP) is 3.28. The smallest absolute Gasteiger partial charge is 0.261 e. The van der Waals surface area contributed by atoms with Gasteiger partial charge in [-0.1, -0.05) is 81.4 Å². The van der Waals surface area contributed by atoms with Gasteiger partial charge in [-0.2, -0.15) is 0 Å². The molecule has 25 heavy (non-hydrogen) atoms. The Morgan fingerprint density at radius 1 is 1.04 bits per heavy atom. The number of aliphatic hydroxyl groups excluding tert-OH is 1. The molecule has 4 heteroatoms. The van der Waals surface area contributed by atoms with E-state index in [2.05, 4.69) is 45.0 Å². The fourth-order valence-electron chi connectivity index (χ4n) is 3.74. The van der Waals surface area contributed by atoms with Gasteiger partial charge in [0.15, 0.2) is 0 Å². The molecule has 0 spiro atoms. The highest BCUT2D eigenvalue weighted by molar-refractivity contribution is 6.99. The summed E-state index contributed by atoms with van der Waals surface area (Å²) in [7, 11) is -2.60. The maximum atomic E-state index is 14.3. The lowest BCUT2D eigenvalue weighted by molar-refractivity contribution is 0.130. The van der Waals surface area contributed by atoms with Gasteiger partial charge in [-0.3, -0.25) is 0 Å². The highest BCUT2D eigenvalue weighted by Gasteiger charge is 2.57. The van der Waals surface area contributed by atoms with Gasteiger partial charge in [0.1, 0.15) is 5.67 Å². The number of alkyl halides is 1. The summed E-state index contributed by atoms with van der Waals surface area (Å²) >= 11 is 0. The van der Waals surface area contributed by atoms with E-state index in [0.29, 0.717) is 13.0 Å². The predicted molar refractivity (Wildman–Crippen MR) is 103 cm³/mol. The molecule has 0 radical (unpaired) electrons. The molecule has 0 heterocycles. The van der Waals surface area contributed by atoms with Gasteiger partial charge >= 0.3 is 0 Å². The van der Waals surface area contributed by atoms with E-state index in [0.717, 1.165) is 0 Å². The monoisotopic (exact) mass is 358 g/mol. The molecule has 0 amide bonds. The third-order valence-corrected chi connectivity index (χ3v) is 10.3. The molecule has 0 aliphatic heterocycles. The van der Waals surface area contributed by atoms with Gasteiger partial charge in [0, 0.05) is 12.5 Å². The van der Waals surface area contributed by atoms with Crippen LogP contribution in [0.15, 0.2) is 60.7 Å². The fourth-order valence-corrected chi connectivity index (χ4v) is 8.35. The standard InChI is InChI=1S/C21H27FO2Si/c1-20(2,3)25(18-10-6-4-7-11-18,19-12-8-5-9-13-19)24-15-17-14-21(17,22)16-23/h4-13,17,23H,14-16H2,1-3H3. The minimum absolute atomic E-state index is 0.108. The number of hydrogen-bond acceptors (Lipinski definition) is 2. The first-order chi connectivity index (χ1) is 11.8. The molecular formula is C21H27FO2Si. The molecule has 2 aromatic carbocycles. The normalized spacial score (nSPS) is 23.5. The molecular weight excluding hydrogens is 331 g/mol. The molecule has 0 saturated heterocycles. The summed E-state index contributed by atoms with van der Waals surface area (Å²) in [5, 5.41) is 11.5. The molecule has 1 aliphatic carbocycles. The molecule has 2 atom stereocenters. The molecule has 3 rings (SSSR count). The van der Waals surface area contributed by atoms with E-state index in [4.69, 9.17) is 4.43 Å². The third kappa shape index (κ3) is 3.31. The SMILES string of the molecule is CC(C)(C)[Si](OCC1CC1(F)CO)(c1ccccc1)c1ccccc1. The molecule has 1 saturated carbocycles. The van der Waals surface area contributed by atoms with E-state index in [1.165, 1.54) is 10.4 Å². The minimum atomic E-state index is -2.60. The maximum Gasteiger partial charge on any atom is 0.261 e. The Hall–Kier alpha value is -1.49. The van der Waals surface area contributed by atoms with Crippen molar-refractivity contribution in [2.24, 2.45) is 5.92 Å². The first kappa shape index (κ1) is 18.3. The Morgan fingerprint density at radius 2 is 1.52 bits per heavy atom. The molecule has 1 aliphatic rings. The number of aliphatic hydroxyl groups is 1. The van der Waals surface area contributed by atoms with Crippen LogP contribution in [0.3, 0.4) is 0 Å². The van der Waals surface area contributed by atoms with Crippen LogP contribution < -0.4 is 10.4 Å². The zero-order valence-electron chi connectivity index (χ0n) is 15.2. The van der Waals surface area contributed by atoms with Gasteiger partial charge in [-0.25, -0.2) is 4.39 Å². The molecule has 0 aromatic heterocycles. The highest BCUT2D eigenvalue weighted by atomic mass is 28.4. The molecule has 1 N–H and O–H groups in total. The third-order valence-electron chi connectivity index (χ3n) is 5.34. The summed E-state index contributed by atoms with van der Waals surface area (Å²) in [6.07, 6.45) is 0.391. The van der Waals surface area contributed by atoms with Gasteiger partial charge in [0.05, 0.1) is 6.61 Å². The summed E-state index contributed by atoms with van der Waals surface area (Å²) in [6.45, 7) is 6.56. The summed E-state index contributed by atoms with van der Waals surface area (Å²) in [5.74, 6) is -0.209. The van der Waals surface area contributed by atoms with Crippen LogP contribution in [0.1, 0.15) is 27.2 Å². The average molecular weight is 359 g/mol. The van der Waals surface area contributed by atoms with Crippen molar-refractivity contribution in [1.82, 2.24) is 0 Å². The maximum absolute atomic E-state index is 14.3. The molecule has 134 valence electrons. The quantitative estimate of drug-likeness (QED) is 0.803. The van der Waals surface area contributed by atoms with Crippen molar-refractivity contribution in [2.75, 3.05) is 13.2 Å². The van der Waals surface area contributed by atoms with E-state index >= 15 is 0 Å². The Labute approximate surface area is 150 Å². The van der Waals surface area contributed by atoms with Crippen molar-refractivity contribution in [3.05, 3.63) is 60.7 Å². The lowest BCUT2D eigenvalue weighted by Crippen LogP contribution is -2.66. The molecule has 2 unspecified atom stereocenters. The van der Waals surface area contributed by atoms with Crippen LogP contribution in [0.5, 0.6) is 0 Å². The van der Waals surface area contributed by atoms with Crippen LogP contribution >= 0.6 is 0 Å². The van der Waals surface area contributed by atoms with Gasteiger partial charge in [-0.05, 0) is 21.8 Å². The van der Waals surface area contributed by atoms with Gasteiger partial charge in [-0.15, -0.1) is 0 Å². The van der Waals surface area contributed by atoms with E-state index in [1.54, 1.807) is 0 Å². The van der Waals surface area contributed by atoms with Crippen LogP contribution in [0.25, 0.3) is 0 Å². The lowest BCUT2D eigenvalue weighted by atomic mass is 10.2. The fraction of sp³-hybridized carbons (Fsp3) is 0.429. The second kappa shape index (κ2) is 6.67. The molecule has 2 aromatic rings. The minimum Gasteiger partial charge on any atom is -0.407 e. The Morgan fingerprint density at radius 3 is 1.88 bits per heavy atom. The van der Waals surface area contributed by atoms with Crippen LogP contribution in [0.2, 0.25) is 5.04 Å². The van der Waals surface area contributed by atoms with E-state index in [-0.39, 0.29) is 11.0 Å². The van der Waals surface area contributed by atoms with Crippen LogP contribution in [0, 0.1) is 5.92 Å². The van der Waals surface area contributed by atoms with E-state index in [1.807, 2.05) is 36.4 Å². The Kier molecular flexibility index (Phi) is 4.88. The first-order valence-corrected chi connectivity index (χ1v) is 10.8. The number of halogens is 1. The Bertz CT molecular complexity index is 659. The number of hydrogen-bond donors (Lipinski definition) is 1. The van der Waals surface area contributed by atoms with Gasteiger partial charge < -0.3 is 9.53 Å². The summed E-state index contributed by atoms with van der Waals surface area (Å²) in [6, 6.07) is 20.7. The van der Waals surface area contributed by atoms with Crippen LogP contribution in [-0.2, 0) is 4.43 Å². The zero-order valence-corrected chi connectivity index (χ0v) is 16.2. The molecule has 2 nitrogen and oxygen atoms in total. The lowest BCUT2D eigenvalue weighted by Gasteiger charge is -2.43. The number of benzene rings is 2. The molecule has 0 bridgehead atoms. The van der Waals surface area contributed by atoms with Crippen molar-refractivity contribution in [1.29, 1.82) is 0 Å². The highest BCUT2D eigenvalue weighted by Crippen LogP contribution is 2.48. The van der Waals surface area contributed by atoms with Crippen LogP contribution in [-0.4, -0.2) is 32.3 Å². The second-order valence-corrected chi connectivity index (χ2v) is 12.4. The largest absolute Gasteiger partial charge is 0.407 e. The van der Waals surface area contributed by atoms with Crippen molar-refractivity contribution >= 4 is 18.7 Å². The topological polar surface area (TPSA) is 29.5 Å². The van der Waals surface area contributed by atoms with E-state index in [9.17, 15) is 9.50 Å². The number of rotatable bonds is 6. The average Bonchev–Trinajstić information content (AvgIpc) is 3.27. The van der Waals surface area contributed by atoms with Crippen LogP contribution in [0.4, 0.5) is 4.39 Å². The van der Waals surface area contributed by atoms with E-state index < -0.39 is 20.6 Å². The van der Waals surface area contributed by atoms with Crippen molar-refractivity contribution in [3.8, 4) is 0 Å².